The number of carbonyl (C=O) groups excluding carboxylic acids is 1. The number of carboxylic acid groups (broad SMARTS) is 1. The Hall–Kier alpha value is -1.27. The van der Waals surface area contributed by atoms with Gasteiger partial charge in [-0.25, -0.2) is 4.79 Å². The van der Waals surface area contributed by atoms with E-state index in [-0.39, 0.29) is 6.42 Å². The molecule has 0 aliphatic rings. The minimum Gasteiger partial charge on any atom is -0.481 e. The van der Waals surface area contributed by atoms with E-state index in [2.05, 4.69) is 21.2 Å². The van der Waals surface area contributed by atoms with Gasteiger partial charge in [-0.1, -0.05) is 17.7 Å². The normalized spacial score (nSPS) is 12.6. The lowest BCUT2D eigenvalue weighted by Crippen LogP contribution is -2.35. The molecule has 2 N–H and O–H groups in total. The molecule has 0 heterocycles. The van der Waals surface area contributed by atoms with Gasteiger partial charge in [0.05, 0.1) is 17.5 Å². The average molecular weight is 379 g/mol. The van der Waals surface area contributed by atoms with Gasteiger partial charge in [-0.15, -0.1) is 0 Å². The summed E-state index contributed by atoms with van der Waals surface area (Å²) in [5.74, 6) is -1.03. The zero-order valence-corrected chi connectivity index (χ0v) is 14.3. The van der Waals surface area contributed by atoms with Gasteiger partial charge in [0.1, 0.15) is 5.60 Å². The van der Waals surface area contributed by atoms with Gasteiger partial charge >= 0.3 is 12.1 Å². The molecule has 5 nitrogen and oxygen atoms in total. The first kappa shape index (κ1) is 17.8. The fourth-order valence-corrected chi connectivity index (χ4v) is 2.04. The van der Waals surface area contributed by atoms with Crippen LogP contribution in [0.4, 0.5) is 4.79 Å². The van der Waals surface area contributed by atoms with Gasteiger partial charge in [0.15, 0.2) is 0 Å². The number of benzene rings is 1. The minimum atomic E-state index is -1.03. The molecule has 0 aliphatic heterocycles. The maximum absolute atomic E-state index is 11.8. The number of carbonyl (C=O) groups is 2. The highest BCUT2D eigenvalue weighted by molar-refractivity contribution is 9.10. The van der Waals surface area contributed by atoms with Crippen LogP contribution >= 0.6 is 27.5 Å². The first-order valence-electron chi connectivity index (χ1n) is 6.25. The van der Waals surface area contributed by atoms with E-state index in [1.807, 2.05) is 0 Å². The second-order valence-electron chi connectivity index (χ2n) is 5.47. The third-order valence-corrected chi connectivity index (χ3v) is 3.65. The van der Waals surface area contributed by atoms with E-state index >= 15 is 0 Å². The highest BCUT2D eigenvalue weighted by atomic mass is 79.9. The van der Waals surface area contributed by atoms with Crippen molar-refractivity contribution in [2.45, 2.75) is 38.8 Å². The average Bonchev–Trinajstić information content (AvgIpc) is 2.28. The van der Waals surface area contributed by atoms with Crippen molar-refractivity contribution in [3.63, 3.8) is 0 Å². The van der Waals surface area contributed by atoms with Crippen LogP contribution in [0.3, 0.4) is 0 Å². The third-order valence-electron chi connectivity index (χ3n) is 2.42. The van der Waals surface area contributed by atoms with Crippen molar-refractivity contribution in [3.8, 4) is 0 Å². The number of carboxylic acids is 1. The molecule has 1 rings (SSSR count). The van der Waals surface area contributed by atoms with Gasteiger partial charge in [-0.3, -0.25) is 4.79 Å². The summed E-state index contributed by atoms with van der Waals surface area (Å²) < 4.78 is 5.83. The molecule has 0 radical (unpaired) electrons. The quantitative estimate of drug-likeness (QED) is 0.825. The number of alkyl carbamates (subject to hydrolysis) is 1. The van der Waals surface area contributed by atoms with Crippen molar-refractivity contribution in [3.05, 3.63) is 33.3 Å². The molecular formula is C14H17BrClNO4. The predicted molar refractivity (Wildman–Crippen MR) is 83.5 cm³/mol. The molecule has 0 saturated heterocycles. The standard InChI is InChI=1S/C14H17BrClNO4/c1-14(2,3)21-13(20)17-11(7-12(18)19)8-4-5-9(15)10(16)6-8/h4-6,11H,7H2,1-3H3,(H,17,20)(H,18,19). The maximum Gasteiger partial charge on any atom is 0.408 e. The Bertz CT molecular complexity index is 542. The van der Waals surface area contributed by atoms with Crippen LogP contribution in [0.5, 0.6) is 0 Å². The van der Waals surface area contributed by atoms with Gasteiger partial charge in [-0.2, -0.15) is 0 Å². The Labute approximate surface area is 136 Å². The molecule has 21 heavy (non-hydrogen) atoms. The van der Waals surface area contributed by atoms with E-state index in [1.54, 1.807) is 39.0 Å². The number of ether oxygens (including phenoxy) is 1. The number of halogens is 2. The Kier molecular flexibility index (Phi) is 6.04. The first-order valence-corrected chi connectivity index (χ1v) is 7.42. The molecule has 0 aromatic heterocycles. The maximum atomic E-state index is 11.8. The minimum absolute atomic E-state index is 0.267. The van der Waals surface area contributed by atoms with Gasteiger partial charge in [0, 0.05) is 4.47 Å². The zero-order valence-electron chi connectivity index (χ0n) is 11.9. The van der Waals surface area contributed by atoms with Crippen LogP contribution in [0, 0.1) is 0 Å². The van der Waals surface area contributed by atoms with E-state index in [0.29, 0.717) is 15.1 Å². The topological polar surface area (TPSA) is 75.6 Å². The van der Waals surface area contributed by atoms with Crippen LogP contribution in [-0.4, -0.2) is 22.8 Å². The molecule has 1 unspecified atom stereocenters. The van der Waals surface area contributed by atoms with Gasteiger partial charge in [0.2, 0.25) is 0 Å². The SMILES string of the molecule is CC(C)(C)OC(=O)NC(CC(=O)O)c1ccc(Br)c(Cl)c1. The van der Waals surface area contributed by atoms with Crippen LogP contribution in [-0.2, 0) is 9.53 Å². The molecule has 1 aromatic rings. The lowest BCUT2D eigenvalue weighted by molar-refractivity contribution is -0.137. The summed E-state index contributed by atoms with van der Waals surface area (Å²) in [5.41, 5.74) is -0.0636. The largest absolute Gasteiger partial charge is 0.481 e. The van der Waals surface area contributed by atoms with E-state index in [4.69, 9.17) is 21.4 Å². The Morgan fingerprint density at radius 3 is 2.52 bits per heavy atom. The van der Waals surface area contributed by atoms with Crippen LogP contribution in [0.25, 0.3) is 0 Å². The molecule has 1 aromatic carbocycles. The van der Waals surface area contributed by atoms with E-state index in [9.17, 15) is 9.59 Å². The fourth-order valence-electron chi connectivity index (χ4n) is 1.61. The molecule has 0 bridgehead atoms. The van der Waals surface area contributed by atoms with Crippen molar-refractivity contribution in [2.24, 2.45) is 0 Å². The Morgan fingerprint density at radius 1 is 1.43 bits per heavy atom. The highest BCUT2D eigenvalue weighted by Gasteiger charge is 2.22. The summed E-state index contributed by atoms with van der Waals surface area (Å²) in [4.78, 5) is 22.8. The van der Waals surface area contributed by atoms with Crippen LogP contribution in [0.15, 0.2) is 22.7 Å². The molecule has 7 heteroatoms. The van der Waals surface area contributed by atoms with Crippen molar-refractivity contribution < 1.29 is 19.4 Å². The van der Waals surface area contributed by atoms with Gasteiger partial charge < -0.3 is 15.2 Å². The lowest BCUT2D eigenvalue weighted by Gasteiger charge is -2.23. The van der Waals surface area contributed by atoms with E-state index in [0.717, 1.165) is 0 Å². The number of nitrogens with one attached hydrogen (secondary N) is 1. The molecule has 0 saturated carbocycles. The molecular weight excluding hydrogens is 362 g/mol. The van der Waals surface area contributed by atoms with Crippen molar-refractivity contribution in [1.29, 1.82) is 0 Å². The summed E-state index contributed by atoms with van der Waals surface area (Å²) in [6.45, 7) is 5.19. The van der Waals surface area contributed by atoms with Crippen molar-refractivity contribution in [2.75, 3.05) is 0 Å². The Morgan fingerprint density at radius 2 is 2.05 bits per heavy atom. The molecule has 0 spiro atoms. The number of rotatable bonds is 4. The molecule has 0 fully saturated rings. The summed E-state index contributed by atoms with van der Waals surface area (Å²) in [6.07, 6.45) is -0.940. The van der Waals surface area contributed by atoms with Crippen LogP contribution < -0.4 is 5.32 Å². The highest BCUT2D eigenvalue weighted by Crippen LogP contribution is 2.27. The third kappa shape index (κ3) is 6.35. The van der Waals surface area contributed by atoms with E-state index in [1.165, 1.54) is 0 Å². The predicted octanol–water partition coefficient (Wildman–Crippen LogP) is 4.14. The second kappa shape index (κ2) is 7.13. The molecule has 116 valence electrons. The number of aliphatic carboxylic acids is 1. The molecule has 1 atom stereocenters. The van der Waals surface area contributed by atoms with E-state index < -0.39 is 23.7 Å². The van der Waals surface area contributed by atoms with Crippen LogP contribution in [0.2, 0.25) is 5.02 Å². The van der Waals surface area contributed by atoms with Crippen molar-refractivity contribution >= 4 is 39.6 Å². The smallest absolute Gasteiger partial charge is 0.408 e. The number of amides is 1. The Balaban J connectivity index is 2.92. The molecule has 0 aliphatic carbocycles. The lowest BCUT2D eigenvalue weighted by atomic mass is 10.0. The summed E-state index contributed by atoms with van der Waals surface area (Å²) in [6, 6.07) is 4.28. The number of hydrogen-bond donors (Lipinski definition) is 2. The van der Waals surface area contributed by atoms with Gasteiger partial charge in [0.25, 0.3) is 0 Å². The number of hydrogen-bond acceptors (Lipinski definition) is 3. The summed E-state index contributed by atoms with van der Waals surface area (Å²) >= 11 is 9.26. The fraction of sp³-hybridized carbons (Fsp3) is 0.429. The first-order chi connectivity index (χ1) is 9.58. The van der Waals surface area contributed by atoms with Crippen molar-refractivity contribution in [1.82, 2.24) is 5.32 Å². The monoisotopic (exact) mass is 377 g/mol. The summed E-state index contributed by atoms with van der Waals surface area (Å²) in [7, 11) is 0. The van der Waals surface area contributed by atoms with Crippen LogP contribution in [0.1, 0.15) is 38.8 Å². The second-order valence-corrected chi connectivity index (χ2v) is 6.73. The summed E-state index contributed by atoms with van der Waals surface area (Å²) in [5, 5.41) is 12.0. The molecule has 1 amide bonds. The zero-order chi connectivity index (χ0) is 16.2. The van der Waals surface area contributed by atoms with Gasteiger partial charge in [-0.05, 0) is 54.4 Å².